The number of nitrogen functional groups attached to an aromatic ring is 1. The highest BCUT2D eigenvalue weighted by Crippen LogP contribution is 2.28. The summed E-state index contributed by atoms with van der Waals surface area (Å²) in [7, 11) is 1.75. The Morgan fingerprint density at radius 2 is 2.29 bits per heavy atom. The van der Waals surface area contributed by atoms with Gasteiger partial charge in [0.15, 0.2) is 5.65 Å². The second kappa shape index (κ2) is 3.66. The average Bonchev–Trinajstić information content (AvgIpc) is 2.88. The molecule has 9 nitrogen and oxygen atoms in total. The van der Waals surface area contributed by atoms with Crippen LogP contribution < -0.4 is 5.73 Å². The highest BCUT2D eigenvalue weighted by molar-refractivity contribution is 7.99. The Morgan fingerprint density at radius 1 is 1.41 bits per heavy atom. The Hall–Kier alpha value is -2.23. The SMILES string of the molecule is Cn1nnnc1Sc1nc(N)nc2[nH]ncc12. The van der Waals surface area contributed by atoms with Crippen molar-refractivity contribution in [2.24, 2.45) is 7.05 Å². The van der Waals surface area contributed by atoms with Crippen LogP contribution in [0.1, 0.15) is 0 Å². The van der Waals surface area contributed by atoms with Crippen LogP contribution in [-0.2, 0) is 7.05 Å². The minimum absolute atomic E-state index is 0.180. The lowest BCUT2D eigenvalue weighted by atomic mass is 10.4. The molecule has 3 aromatic heterocycles. The van der Waals surface area contributed by atoms with Crippen molar-refractivity contribution in [2.75, 3.05) is 5.73 Å². The fourth-order valence-corrected chi connectivity index (χ4v) is 2.11. The number of aromatic nitrogens is 8. The highest BCUT2D eigenvalue weighted by Gasteiger charge is 2.12. The van der Waals surface area contributed by atoms with Crippen molar-refractivity contribution in [3.8, 4) is 0 Å². The molecule has 17 heavy (non-hydrogen) atoms. The monoisotopic (exact) mass is 249 g/mol. The highest BCUT2D eigenvalue weighted by atomic mass is 32.2. The second-order valence-corrected chi connectivity index (χ2v) is 4.16. The number of nitrogens with two attached hydrogens (primary N) is 1. The molecule has 0 aromatic carbocycles. The topological polar surface area (TPSA) is 124 Å². The van der Waals surface area contributed by atoms with Crippen molar-refractivity contribution in [3.05, 3.63) is 6.20 Å². The molecular weight excluding hydrogens is 242 g/mol. The number of anilines is 1. The summed E-state index contributed by atoms with van der Waals surface area (Å²) < 4.78 is 1.55. The maximum atomic E-state index is 5.61. The molecular formula is C7H7N9S. The van der Waals surface area contributed by atoms with Crippen molar-refractivity contribution in [2.45, 2.75) is 10.2 Å². The van der Waals surface area contributed by atoms with E-state index in [1.54, 1.807) is 17.9 Å². The third kappa shape index (κ3) is 1.67. The number of hydrogen-bond acceptors (Lipinski definition) is 8. The van der Waals surface area contributed by atoms with Crippen LogP contribution in [0.4, 0.5) is 5.95 Å². The van der Waals surface area contributed by atoms with Gasteiger partial charge in [0.2, 0.25) is 11.1 Å². The van der Waals surface area contributed by atoms with Gasteiger partial charge in [-0.05, 0) is 22.2 Å². The number of tetrazole rings is 1. The first kappa shape index (κ1) is 9.96. The molecule has 0 spiro atoms. The zero-order valence-corrected chi connectivity index (χ0v) is 9.51. The number of nitrogens with one attached hydrogen (secondary N) is 1. The number of fused-ring (bicyclic) bond motifs is 1. The molecule has 0 saturated carbocycles. The van der Waals surface area contributed by atoms with E-state index in [0.29, 0.717) is 15.8 Å². The van der Waals surface area contributed by atoms with Gasteiger partial charge in [-0.15, -0.1) is 5.10 Å². The zero-order chi connectivity index (χ0) is 11.8. The van der Waals surface area contributed by atoms with E-state index in [1.165, 1.54) is 11.8 Å². The summed E-state index contributed by atoms with van der Waals surface area (Å²) in [6.07, 6.45) is 1.64. The van der Waals surface area contributed by atoms with E-state index < -0.39 is 0 Å². The van der Waals surface area contributed by atoms with Gasteiger partial charge >= 0.3 is 0 Å². The zero-order valence-electron chi connectivity index (χ0n) is 8.69. The van der Waals surface area contributed by atoms with Crippen LogP contribution in [0.5, 0.6) is 0 Å². The first-order valence-corrected chi connectivity index (χ1v) is 5.42. The van der Waals surface area contributed by atoms with E-state index in [9.17, 15) is 0 Å². The lowest BCUT2D eigenvalue weighted by Gasteiger charge is -2.00. The molecule has 3 aromatic rings. The van der Waals surface area contributed by atoms with Gasteiger partial charge in [0.05, 0.1) is 11.6 Å². The second-order valence-electron chi connectivity index (χ2n) is 3.21. The lowest BCUT2D eigenvalue weighted by molar-refractivity contribution is 0.664. The Labute approximate surface area is 98.8 Å². The van der Waals surface area contributed by atoms with Gasteiger partial charge in [-0.2, -0.15) is 10.1 Å². The molecule has 0 bridgehead atoms. The predicted octanol–water partition coefficient (Wildman–Crippen LogP) is -0.390. The molecule has 0 atom stereocenters. The van der Waals surface area contributed by atoms with E-state index in [0.717, 1.165) is 5.39 Å². The van der Waals surface area contributed by atoms with Crippen LogP contribution in [0.15, 0.2) is 16.4 Å². The summed E-state index contributed by atoms with van der Waals surface area (Å²) in [5.74, 6) is 0.180. The Balaban J connectivity index is 2.11. The average molecular weight is 249 g/mol. The summed E-state index contributed by atoms with van der Waals surface area (Å²) in [5.41, 5.74) is 6.20. The van der Waals surface area contributed by atoms with Crippen molar-refractivity contribution < 1.29 is 0 Å². The number of rotatable bonds is 2. The summed E-state index contributed by atoms with van der Waals surface area (Å²) >= 11 is 1.30. The molecule has 3 N–H and O–H groups in total. The number of H-pyrrole nitrogens is 1. The van der Waals surface area contributed by atoms with Crippen molar-refractivity contribution in [1.29, 1.82) is 0 Å². The fraction of sp³-hybridized carbons (Fsp3) is 0.143. The van der Waals surface area contributed by atoms with E-state index in [1.807, 2.05) is 0 Å². The van der Waals surface area contributed by atoms with Crippen molar-refractivity contribution >= 4 is 28.7 Å². The van der Waals surface area contributed by atoms with Crippen LogP contribution in [0.3, 0.4) is 0 Å². The minimum atomic E-state index is 0.180. The van der Waals surface area contributed by atoms with E-state index in [-0.39, 0.29) is 5.95 Å². The Kier molecular flexibility index (Phi) is 2.14. The molecule has 0 saturated heterocycles. The summed E-state index contributed by atoms with van der Waals surface area (Å²) in [6.45, 7) is 0. The molecule has 0 radical (unpaired) electrons. The predicted molar refractivity (Wildman–Crippen MR) is 59.0 cm³/mol. The maximum absolute atomic E-state index is 5.61. The smallest absolute Gasteiger partial charge is 0.223 e. The van der Waals surface area contributed by atoms with Crippen LogP contribution >= 0.6 is 11.8 Å². The van der Waals surface area contributed by atoms with Crippen molar-refractivity contribution in [3.63, 3.8) is 0 Å². The fourth-order valence-electron chi connectivity index (χ4n) is 1.30. The van der Waals surface area contributed by atoms with Gasteiger partial charge in [0.1, 0.15) is 5.03 Å². The third-order valence-corrected chi connectivity index (χ3v) is 3.09. The molecule has 0 aliphatic heterocycles. The molecule has 0 aliphatic carbocycles. The quantitative estimate of drug-likeness (QED) is 0.588. The van der Waals surface area contributed by atoms with Gasteiger partial charge in [0, 0.05) is 7.05 Å². The van der Waals surface area contributed by atoms with E-state index >= 15 is 0 Å². The molecule has 0 aliphatic rings. The number of aryl methyl sites for hydroxylation is 1. The molecule has 3 rings (SSSR count). The number of nitrogens with zero attached hydrogens (tertiary/aromatic N) is 7. The van der Waals surface area contributed by atoms with Gasteiger partial charge in [-0.1, -0.05) is 0 Å². The Bertz CT molecular complexity index is 671. The van der Waals surface area contributed by atoms with Gasteiger partial charge in [-0.3, -0.25) is 5.10 Å². The van der Waals surface area contributed by atoms with Crippen molar-refractivity contribution in [1.82, 2.24) is 40.4 Å². The lowest BCUT2D eigenvalue weighted by Crippen LogP contribution is -1.98. The standard InChI is InChI=1S/C7H7N9S/c1-16-7(13-14-15-16)17-5-3-2-9-12-4(3)10-6(8)11-5/h2H,1H3,(H3,8,9,10,11,12). The molecule has 86 valence electrons. The van der Waals surface area contributed by atoms with Crippen LogP contribution in [0.25, 0.3) is 11.0 Å². The van der Waals surface area contributed by atoms with E-state index in [2.05, 4.69) is 35.7 Å². The largest absolute Gasteiger partial charge is 0.368 e. The van der Waals surface area contributed by atoms with Crippen LogP contribution in [-0.4, -0.2) is 40.4 Å². The van der Waals surface area contributed by atoms with Crippen LogP contribution in [0, 0.1) is 0 Å². The minimum Gasteiger partial charge on any atom is -0.368 e. The third-order valence-electron chi connectivity index (χ3n) is 2.06. The molecule has 0 amide bonds. The first-order valence-electron chi connectivity index (χ1n) is 4.61. The molecule has 10 heteroatoms. The maximum Gasteiger partial charge on any atom is 0.223 e. The summed E-state index contributed by atoms with van der Waals surface area (Å²) in [4.78, 5) is 8.18. The van der Waals surface area contributed by atoms with Crippen LogP contribution in [0.2, 0.25) is 0 Å². The Morgan fingerprint density at radius 3 is 3.06 bits per heavy atom. The number of aromatic amines is 1. The molecule has 0 fully saturated rings. The first-order chi connectivity index (χ1) is 8.24. The molecule has 0 unspecified atom stereocenters. The molecule has 3 heterocycles. The number of hydrogen-bond donors (Lipinski definition) is 2. The normalized spacial score (nSPS) is 11.1. The summed E-state index contributed by atoms with van der Waals surface area (Å²) in [6, 6.07) is 0. The van der Waals surface area contributed by atoms with Gasteiger partial charge < -0.3 is 5.73 Å². The summed E-state index contributed by atoms with van der Waals surface area (Å²) in [5, 5.41) is 19.9. The van der Waals surface area contributed by atoms with Gasteiger partial charge in [-0.25, -0.2) is 9.67 Å². The van der Waals surface area contributed by atoms with E-state index in [4.69, 9.17) is 5.73 Å². The van der Waals surface area contributed by atoms with Gasteiger partial charge in [0.25, 0.3) is 0 Å².